The quantitative estimate of drug-likeness (QED) is 0.732. The lowest BCUT2D eigenvalue weighted by atomic mass is 10.1. The van der Waals surface area contributed by atoms with E-state index in [1.165, 1.54) is 4.90 Å². The summed E-state index contributed by atoms with van der Waals surface area (Å²) in [6, 6.07) is 0.724. The topological polar surface area (TPSA) is 54.5 Å². The highest BCUT2D eigenvalue weighted by atomic mass is 79.9. The average Bonchev–Trinajstić information content (AvgIpc) is 2.78. The second-order valence-corrected chi connectivity index (χ2v) is 7.65. The summed E-state index contributed by atoms with van der Waals surface area (Å²) in [6.07, 6.45) is 1.48. The molecule has 1 aromatic rings. The summed E-state index contributed by atoms with van der Waals surface area (Å²) in [4.78, 5) is 12.4. The second kappa shape index (κ2) is 5.57. The van der Waals surface area contributed by atoms with Gasteiger partial charge >= 0.3 is 0 Å². The van der Waals surface area contributed by atoms with E-state index in [0.29, 0.717) is 13.1 Å². The largest absolute Gasteiger partial charge is 0.338 e. The molecule has 0 atom stereocenters. The summed E-state index contributed by atoms with van der Waals surface area (Å²) in [5, 5.41) is 0. The van der Waals surface area contributed by atoms with Crippen LogP contribution >= 0.6 is 26.6 Å². The van der Waals surface area contributed by atoms with Crippen molar-refractivity contribution in [1.29, 1.82) is 0 Å². The van der Waals surface area contributed by atoms with Gasteiger partial charge in [-0.2, -0.15) is 0 Å². The Morgan fingerprint density at radius 2 is 1.85 bits per heavy atom. The highest BCUT2D eigenvalue weighted by molar-refractivity contribution is 9.10. The standard InChI is InChI=1S/C11H9BrClF2NO3S/c12-6-5-7(14)8(9(15)10(6)20(13,18)19)11(17)16-3-1-2-4-16/h5H,1-4H2. The zero-order valence-corrected chi connectivity index (χ0v) is 13.2. The summed E-state index contributed by atoms with van der Waals surface area (Å²) in [7, 11) is 0.665. The van der Waals surface area contributed by atoms with Gasteiger partial charge in [0.1, 0.15) is 16.3 Å². The number of halogens is 4. The number of likely N-dealkylation sites (tertiary alicyclic amines) is 1. The molecule has 0 unspecified atom stereocenters. The van der Waals surface area contributed by atoms with Crippen LogP contribution in [-0.4, -0.2) is 32.3 Å². The zero-order chi connectivity index (χ0) is 15.1. The van der Waals surface area contributed by atoms with Crippen LogP contribution in [0.5, 0.6) is 0 Å². The summed E-state index contributed by atoms with van der Waals surface area (Å²) < 4.78 is 50.3. The molecule has 0 aromatic heterocycles. The molecule has 1 aliphatic rings. The Kier molecular flexibility index (Phi) is 4.36. The third kappa shape index (κ3) is 2.82. The van der Waals surface area contributed by atoms with Gasteiger partial charge in [0.05, 0.1) is 0 Å². The van der Waals surface area contributed by atoms with Crippen LogP contribution in [0, 0.1) is 11.6 Å². The fourth-order valence-corrected chi connectivity index (χ4v) is 4.42. The normalized spacial score (nSPS) is 15.7. The molecule has 1 amide bonds. The molecule has 20 heavy (non-hydrogen) atoms. The van der Waals surface area contributed by atoms with E-state index in [2.05, 4.69) is 15.9 Å². The number of rotatable bonds is 2. The molecule has 0 N–H and O–H groups in total. The van der Waals surface area contributed by atoms with Crippen LogP contribution in [0.25, 0.3) is 0 Å². The first-order valence-corrected chi connectivity index (χ1v) is 8.75. The molecule has 9 heteroatoms. The Morgan fingerprint density at radius 3 is 2.35 bits per heavy atom. The molecule has 0 bridgehead atoms. The molecule has 4 nitrogen and oxygen atoms in total. The third-order valence-corrected chi connectivity index (χ3v) is 5.22. The van der Waals surface area contributed by atoms with Crippen molar-refractivity contribution >= 4 is 41.6 Å². The van der Waals surface area contributed by atoms with Crippen LogP contribution in [-0.2, 0) is 9.05 Å². The van der Waals surface area contributed by atoms with E-state index in [9.17, 15) is 22.0 Å². The molecule has 0 spiro atoms. The van der Waals surface area contributed by atoms with Crippen molar-refractivity contribution in [2.45, 2.75) is 17.7 Å². The average molecular weight is 389 g/mol. The number of amides is 1. The number of hydrogen-bond acceptors (Lipinski definition) is 3. The van der Waals surface area contributed by atoms with Crippen molar-refractivity contribution in [2.75, 3.05) is 13.1 Å². The van der Waals surface area contributed by atoms with Crippen molar-refractivity contribution in [1.82, 2.24) is 4.90 Å². The van der Waals surface area contributed by atoms with Gasteiger partial charge in [0, 0.05) is 28.2 Å². The van der Waals surface area contributed by atoms with E-state index >= 15 is 0 Å². The van der Waals surface area contributed by atoms with Gasteiger partial charge in [0.25, 0.3) is 15.0 Å². The summed E-state index contributed by atoms with van der Waals surface area (Å²) in [5.74, 6) is -3.47. The fourth-order valence-electron chi connectivity index (χ4n) is 2.07. The first-order chi connectivity index (χ1) is 9.23. The van der Waals surface area contributed by atoms with Crippen LogP contribution in [0.4, 0.5) is 8.78 Å². The van der Waals surface area contributed by atoms with Crippen LogP contribution in [0.3, 0.4) is 0 Å². The maximum Gasteiger partial charge on any atom is 0.265 e. The molecule has 1 fully saturated rings. The SMILES string of the molecule is O=C(c1c(F)cc(Br)c(S(=O)(=O)Cl)c1F)N1CCCC1. The van der Waals surface area contributed by atoms with Gasteiger partial charge in [0.15, 0.2) is 5.82 Å². The zero-order valence-electron chi connectivity index (χ0n) is 10.00. The van der Waals surface area contributed by atoms with Crippen molar-refractivity contribution in [3.63, 3.8) is 0 Å². The van der Waals surface area contributed by atoms with Crippen LogP contribution in [0.15, 0.2) is 15.4 Å². The Hall–Kier alpha value is -0.730. The molecule has 1 heterocycles. The monoisotopic (exact) mass is 387 g/mol. The molecule has 110 valence electrons. The summed E-state index contributed by atoms with van der Waals surface area (Å²) >= 11 is 2.73. The van der Waals surface area contributed by atoms with E-state index in [1.807, 2.05) is 0 Å². The van der Waals surface area contributed by atoms with Gasteiger partial charge in [-0.1, -0.05) is 0 Å². The Morgan fingerprint density at radius 1 is 1.30 bits per heavy atom. The predicted molar refractivity (Wildman–Crippen MR) is 72.2 cm³/mol. The lowest BCUT2D eigenvalue weighted by Gasteiger charge is -2.17. The van der Waals surface area contributed by atoms with Crippen molar-refractivity contribution in [3.8, 4) is 0 Å². The number of hydrogen-bond donors (Lipinski definition) is 0. The summed E-state index contributed by atoms with van der Waals surface area (Å²) in [5.41, 5.74) is -0.894. The third-order valence-electron chi connectivity index (χ3n) is 2.98. The van der Waals surface area contributed by atoms with Crippen molar-refractivity contribution < 1.29 is 22.0 Å². The van der Waals surface area contributed by atoms with Gasteiger partial charge < -0.3 is 4.90 Å². The van der Waals surface area contributed by atoms with Gasteiger partial charge in [-0.25, -0.2) is 17.2 Å². The lowest BCUT2D eigenvalue weighted by Crippen LogP contribution is -2.29. The number of carbonyl (C=O) groups is 1. The van der Waals surface area contributed by atoms with E-state index in [-0.39, 0.29) is 4.47 Å². The first kappa shape index (κ1) is 15.7. The summed E-state index contributed by atoms with van der Waals surface area (Å²) in [6.45, 7) is 0.771. The Bertz CT molecular complexity index is 675. The number of nitrogens with zero attached hydrogens (tertiary/aromatic N) is 1. The minimum Gasteiger partial charge on any atom is -0.338 e. The Balaban J connectivity index is 2.62. The highest BCUT2D eigenvalue weighted by Crippen LogP contribution is 2.32. The van der Waals surface area contributed by atoms with E-state index in [0.717, 1.165) is 18.9 Å². The minimum absolute atomic E-state index is 0.361. The van der Waals surface area contributed by atoms with Crippen molar-refractivity contribution in [3.05, 3.63) is 27.7 Å². The molecular weight excluding hydrogens is 380 g/mol. The van der Waals surface area contributed by atoms with Crippen LogP contribution in [0.1, 0.15) is 23.2 Å². The van der Waals surface area contributed by atoms with E-state index < -0.39 is 37.1 Å². The second-order valence-electron chi connectivity index (χ2n) is 4.30. The molecule has 0 aliphatic carbocycles. The maximum absolute atomic E-state index is 14.2. The first-order valence-electron chi connectivity index (χ1n) is 5.65. The molecule has 0 radical (unpaired) electrons. The van der Waals surface area contributed by atoms with E-state index in [1.54, 1.807) is 0 Å². The fraction of sp³-hybridized carbons (Fsp3) is 0.364. The molecule has 1 aromatic carbocycles. The van der Waals surface area contributed by atoms with Gasteiger partial charge in [-0.15, -0.1) is 0 Å². The minimum atomic E-state index is -4.45. The number of carbonyl (C=O) groups excluding carboxylic acids is 1. The molecule has 1 saturated heterocycles. The maximum atomic E-state index is 14.2. The number of benzene rings is 1. The van der Waals surface area contributed by atoms with Crippen molar-refractivity contribution in [2.24, 2.45) is 0 Å². The van der Waals surface area contributed by atoms with Gasteiger partial charge in [-0.3, -0.25) is 4.79 Å². The van der Waals surface area contributed by atoms with Crippen LogP contribution in [0.2, 0.25) is 0 Å². The lowest BCUT2D eigenvalue weighted by molar-refractivity contribution is 0.0782. The van der Waals surface area contributed by atoms with Gasteiger partial charge in [0.2, 0.25) is 0 Å². The molecule has 2 rings (SSSR count). The van der Waals surface area contributed by atoms with Gasteiger partial charge in [-0.05, 0) is 34.8 Å². The highest BCUT2D eigenvalue weighted by Gasteiger charge is 2.32. The smallest absolute Gasteiger partial charge is 0.265 e. The Labute approximate surface area is 127 Å². The van der Waals surface area contributed by atoms with E-state index in [4.69, 9.17) is 10.7 Å². The van der Waals surface area contributed by atoms with Crippen LogP contribution < -0.4 is 0 Å². The molecule has 1 aliphatic heterocycles. The predicted octanol–water partition coefficient (Wildman–Crippen LogP) is 2.89. The molecular formula is C11H9BrClF2NO3S. The molecule has 0 saturated carbocycles.